The van der Waals surface area contributed by atoms with Gasteiger partial charge in [-0.1, -0.05) is 0 Å². The van der Waals surface area contributed by atoms with Gasteiger partial charge in [0.05, 0.1) is 17.6 Å². The first kappa shape index (κ1) is 12.7. The minimum atomic E-state index is -0.901. The van der Waals surface area contributed by atoms with Gasteiger partial charge < -0.3 is 24.0 Å². The number of hydrogen-bond acceptors (Lipinski definition) is 5. The van der Waals surface area contributed by atoms with Crippen LogP contribution in [0.5, 0.6) is 11.5 Å². The highest BCUT2D eigenvalue weighted by molar-refractivity contribution is 5.82. The number of nitrogens with zero attached hydrogens (tertiary/aromatic N) is 3. The Kier molecular flexibility index (Phi) is 2.98. The molecule has 0 saturated carbocycles. The Balaban J connectivity index is 2.15. The molecule has 0 bridgehead atoms. The summed E-state index contributed by atoms with van der Waals surface area (Å²) in [7, 11) is 3.83. The molecule has 1 N–H and O–H groups in total. The molecule has 0 radical (unpaired) electrons. The zero-order valence-electron chi connectivity index (χ0n) is 11.3. The Morgan fingerprint density at radius 2 is 2.10 bits per heavy atom. The van der Waals surface area contributed by atoms with E-state index in [1.54, 1.807) is 16.7 Å². The number of imidazole rings is 1. The molecular formula is C13H15N3O4. The molecule has 1 aromatic carbocycles. The molecule has 7 nitrogen and oxygen atoms in total. The van der Waals surface area contributed by atoms with Gasteiger partial charge in [-0.25, -0.2) is 4.98 Å². The molecule has 1 aliphatic heterocycles. The summed E-state index contributed by atoms with van der Waals surface area (Å²) >= 11 is 0. The van der Waals surface area contributed by atoms with Gasteiger partial charge in [0.2, 0.25) is 6.79 Å². The summed E-state index contributed by atoms with van der Waals surface area (Å²) in [4.78, 5) is 17.5. The Labute approximate surface area is 115 Å². The molecule has 0 atom stereocenters. The van der Waals surface area contributed by atoms with Crippen molar-refractivity contribution in [1.82, 2.24) is 14.5 Å². The molecule has 0 aliphatic carbocycles. The quantitative estimate of drug-likeness (QED) is 0.895. The Bertz CT molecular complexity index is 678. The van der Waals surface area contributed by atoms with Crippen molar-refractivity contribution in [2.24, 2.45) is 0 Å². The van der Waals surface area contributed by atoms with Gasteiger partial charge in [-0.2, -0.15) is 0 Å². The van der Waals surface area contributed by atoms with Crippen LogP contribution in [0.2, 0.25) is 0 Å². The third-order valence-electron chi connectivity index (χ3n) is 3.07. The van der Waals surface area contributed by atoms with Gasteiger partial charge in [-0.15, -0.1) is 0 Å². The van der Waals surface area contributed by atoms with Crippen LogP contribution in [0.3, 0.4) is 0 Å². The predicted molar refractivity (Wildman–Crippen MR) is 70.9 cm³/mol. The first-order chi connectivity index (χ1) is 9.54. The fourth-order valence-corrected chi connectivity index (χ4v) is 2.28. The molecule has 2 heterocycles. The molecular weight excluding hydrogens is 262 g/mol. The van der Waals surface area contributed by atoms with Crippen molar-refractivity contribution >= 4 is 17.0 Å². The molecule has 0 saturated heterocycles. The Hall–Kier alpha value is -2.28. The van der Waals surface area contributed by atoms with Crippen LogP contribution in [0.1, 0.15) is 5.82 Å². The van der Waals surface area contributed by atoms with Crippen LogP contribution in [-0.2, 0) is 17.9 Å². The van der Waals surface area contributed by atoms with Crippen LogP contribution in [0.25, 0.3) is 11.0 Å². The van der Waals surface area contributed by atoms with E-state index in [0.717, 1.165) is 5.52 Å². The number of carboxylic acid groups (broad SMARTS) is 1. The van der Waals surface area contributed by atoms with Crippen LogP contribution in [-0.4, -0.2) is 46.4 Å². The molecule has 20 heavy (non-hydrogen) atoms. The van der Waals surface area contributed by atoms with Crippen LogP contribution >= 0.6 is 0 Å². The minimum Gasteiger partial charge on any atom is -0.480 e. The highest BCUT2D eigenvalue weighted by Gasteiger charge is 2.20. The average molecular weight is 277 g/mol. The van der Waals surface area contributed by atoms with Gasteiger partial charge in [0, 0.05) is 12.1 Å². The summed E-state index contributed by atoms with van der Waals surface area (Å²) in [6.07, 6.45) is 0. The number of rotatable bonds is 4. The monoisotopic (exact) mass is 277 g/mol. The Morgan fingerprint density at radius 3 is 2.75 bits per heavy atom. The lowest BCUT2D eigenvalue weighted by Crippen LogP contribution is -2.18. The highest BCUT2D eigenvalue weighted by Crippen LogP contribution is 2.36. The number of aliphatic carboxylic acids is 1. The SMILES string of the molecule is CN(C)Cc1nc2cc3c(cc2n1CC(=O)O)OCO3. The van der Waals surface area contributed by atoms with E-state index in [1.807, 2.05) is 19.0 Å². The van der Waals surface area contributed by atoms with Crippen LogP contribution in [0.15, 0.2) is 12.1 Å². The van der Waals surface area contributed by atoms with E-state index in [-0.39, 0.29) is 13.3 Å². The average Bonchev–Trinajstić information content (AvgIpc) is 2.91. The molecule has 1 aromatic heterocycles. The van der Waals surface area contributed by atoms with Crippen molar-refractivity contribution < 1.29 is 19.4 Å². The fraction of sp³-hybridized carbons (Fsp3) is 0.385. The van der Waals surface area contributed by atoms with Gasteiger partial charge >= 0.3 is 5.97 Å². The Morgan fingerprint density at radius 1 is 1.40 bits per heavy atom. The second-order valence-corrected chi connectivity index (χ2v) is 4.94. The number of carbonyl (C=O) groups is 1. The third kappa shape index (κ3) is 2.16. The second kappa shape index (κ2) is 4.68. The lowest BCUT2D eigenvalue weighted by Gasteiger charge is -2.11. The van der Waals surface area contributed by atoms with E-state index in [9.17, 15) is 4.79 Å². The van der Waals surface area contributed by atoms with Gasteiger partial charge in [0.25, 0.3) is 0 Å². The summed E-state index contributed by atoms with van der Waals surface area (Å²) in [5.41, 5.74) is 1.46. The molecule has 1 aliphatic rings. The van der Waals surface area contributed by atoms with Gasteiger partial charge in [-0.05, 0) is 14.1 Å². The van der Waals surface area contributed by atoms with E-state index in [1.165, 1.54) is 0 Å². The fourth-order valence-electron chi connectivity index (χ4n) is 2.28. The number of fused-ring (bicyclic) bond motifs is 2. The lowest BCUT2D eigenvalue weighted by molar-refractivity contribution is -0.137. The highest BCUT2D eigenvalue weighted by atomic mass is 16.7. The molecule has 0 fully saturated rings. The van der Waals surface area contributed by atoms with Crippen LogP contribution in [0.4, 0.5) is 0 Å². The molecule has 106 valence electrons. The summed E-state index contributed by atoms with van der Waals surface area (Å²) in [6, 6.07) is 3.57. The van der Waals surface area contributed by atoms with Gasteiger partial charge in [0.1, 0.15) is 12.4 Å². The van der Waals surface area contributed by atoms with E-state index < -0.39 is 5.97 Å². The molecule has 0 spiro atoms. The summed E-state index contributed by atoms with van der Waals surface area (Å²) in [5, 5.41) is 9.08. The van der Waals surface area contributed by atoms with Crippen molar-refractivity contribution in [2.45, 2.75) is 13.1 Å². The minimum absolute atomic E-state index is 0.126. The van der Waals surface area contributed by atoms with E-state index in [2.05, 4.69) is 4.98 Å². The maximum absolute atomic E-state index is 11.1. The van der Waals surface area contributed by atoms with Crippen molar-refractivity contribution in [3.8, 4) is 11.5 Å². The zero-order valence-corrected chi connectivity index (χ0v) is 11.3. The van der Waals surface area contributed by atoms with Crippen molar-refractivity contribution in [2.75, 3.05) is 20.9 Å². The number of ether oxygens (including phenoxy) is 2. The normalized spacial score (nSPS) is 13.3. The van der Waals surface area contributed by atoms with Crippen molar-refractivity contribution in [1.29, 1.82) is 0 Å². The first-order valence-electron chi connectivity index (χ1n) is 6.20. The smallest absolute Gasteiger partial charge is 0.323 e. The molecule has 3 rings (SSSR count). The maximum Gasteiger partial charge on any atom is 0.323 e. The largest absolute Gasteiger partial charge is 0.480 e. The summed E-state index contributed by atoms with van der Waals surface area (Å²) in [6.45, 7) is 0.624. The summed E-state index contributed by atoms with van der Waals surface area (Å²) in [5.74, 6) is 1.08. The molecule has 0 unspecified atom stereocenters. The predicted octanol–water partition coefficient (Wildman–Crippen LogP) is 0.911. The lowest BCUT2D eigenvalue weighted by atomic mass is 10.2. The number of carboxylic acids is 1. The number of benzene rings is 1. The first-order valence-corrected chi connectivity index (χ1v) is 6.20. The van der Waals surface area contributed by atoms with Gasteiger partial charge in [0.15, 0.2) is 11.5 Å². The van der Waals surface area contributed by atoms with Gasteiger partial charge in [-0.3, -0.25) is 4.79 Å². The zero-order chi connectivity index (χ0) is 14.3. The van der Waals surface area contributed by atoms with E-state index in [0.29, 0.717) is 29.4 Å². The number of hydrogen-bond donors (Lipinski definition) is 1. The summed E-state index contributed by atoms with van der Waals surface area (Å²) < 4.78 is 12.3. The standard InChI is InChI=1S/C13H15N3O4/c1-15(2)5-12-14-8-3-10-11(20-7-19-10)4-9(8)16(12)6-13(17)18/h3-4H,5-7H2,1-2H3,(H,17,18). The molecule has 7 heteroatoms. The number of aromatic nitrogens is 2. The third-order valence-corrected chi connectivity index (χ3v) is 3.07. The molecule has 2 aromatic rings. The van der Waals surface area contributed by atoms with Crippen LogP contribution < -0.4 is 9.47 Å². The maximum atomic E-state index is 11.1. The van der Waals surface area contributed by atoms with Crippen molar-refractivity contribution in [3.63, 3.8) is 0 Å². The topological polar surface area (TPSA) is 76.8 Å². The second-order valence-electron chi connectivity index (χ2n) is 4.94. The van der Waals surface area contributed by atoms with Crippen molar-refractivity contribution in [3.05, 3.63) is 18.0 Å². The van der Waals surface area contributed by atoms with Crippen LogP contribution in [0, 0.1) is 0 Å². The van der Waals surface area contributed by atoms with E-state index >= 15 is 0 Å². The molecule has 0 amide bonds. The van der Waals surface area contributed by atoms with E-state index in [4.69, 9.17) is 14.6 Å².